The first-order chi connectivity index (χ1) is 14.0. The van der Waals surface area contributed by atoms with Gasteiger partial charge in [-0.25, -0.2) is 9.97 Å². The summed E-state index contributed by atoms with van der Waals surface area (Å²) < 4.78 is 5.10. The second-order valence-corrected chi connectivity index (χ2v) is 7.06. The second-order valence-electron chi connectivity index (χ2n) is 6.27. The second kappa shape index (κ2) is 8.07. The van der Waals surface area contributed by atoms with Gasteiger partial charge in [-0.05, 0) is 53.6 Å². The number of rotatable bonds is 4. The molecule has 1 aromatic heterocycles. The Hall–Kier alpha value is -3.15. The Morgan fingerprint density at radius 3 is 2.41 bits per heavy atom. The van der Waals surface area contributed by atoms with Crippen LogP contribution in [-0.4, -0.2) is 23.0 Å². The van der Waals surface area contributed by atoms with Gasteiger partial charge < -0.3 is 10.1 Å². The number of hydrogen-bond donors (Lipinski definition) is 1. The first-order valence-electron chi connectivity index (χ1n) is 8.72. The van der Waals surface area contributed by atoms with E-state index in [1.54, 1.807) is 30.3 Å². The molecule has 0 aliphatic rings. The summed E-state index contributed by atoms with van der Waals surface area (Å²) in [6.07, 6.45) is 0. The molecule has 4 rings (SSSR count). The topological polar surface area (TPSA) is 64.1 Å². The van der Waals surface area contributed by atoms with Crippen LogP contribution in [0.2, 0.25) is 10.2 Å². The number of carbonyl (C=O) groups excluding carboxylic acids is 1. The molecule has 0 fully saturated rings. The van der Waals surface area contributed by atoms with E-state index in [0.29, 0.717) is 27.3 Å². The van der Waals surface area contributed by atoms with E-state index in [9.17, 15) is 4.79 Å². The number of ether oxygens (including phenoxy) is 1. The fraction of sp³-hybridized carbons (Fsp3) is 0.0455. The summed E-state index contributed by atoms with van der Waals surface area (Å²) in [5.41, 5.74) is 4.29. The molecular weight excluding hydrogens is 409 g/mol. The highest BCUT2D eigenvalue weighted by molar-refractivity contribution is 6.31. The van der Waals surface area contributed by atoms with E-state index >= 15 is 0 Å². The van der Waals surface area contributed by atoms with Crippen molar-refractivity contribution < 1.29 is 9.53 Å². The average molecular weight is 424 g/mol. The van der Waals surface area contributed by atoms with E-state index in [4.69, 9.17) is 27.9 Å². The van der Waals surface area contributed by atoms with Gasteiger partial charge in [-0.2, -0.15) is 0 Å². The van der Waals surface area contributed by atoms with Crippen molar-refractivity contribution in [3.05, 3.63) is 82.5 Å². The zero-order valence-corrected chi connectivity index (χ0v) is 16.8. The third-order valence-corrected chi connectivity index (χ3v) is 4.83. The van der Waals surface area contributed by atoms with Crippen molar-refractivity contribution in [1.82, 2.24) is 9.97 Å². The van der Waals surface area contributed by atoms with Crippen molar-refractivity contribution in [2.75, 3.05) is 12.4 Å². The van der Waals surface area contributed by atoms with Gasteiger partial charge in [0.15, 0.2) is 5.15 Å². The molecule has 0 aliphatic heterocycles. The molecule has 1 N–H and O–H groups in total. The van der Waals surface area contributed by atoms with Crippen molar-refractivity contribution >= 4 is 45.8 Å². The highest BCUT2D eigenvalue weighted by Gasteiger charge is 2.10. The molecule has 1 amide bonds. The monoisotopic (exact) mass is 423 g/mol. The number of nitrogens with zero attached hydrogens (tertiary/aromatic N) is 2. The lowest BCUT2D eigenvalue weighted by molar-refractivity contribution is 0.102. The van der Waals surface area contributed by atoms with Crippen LogP contribution >= 0.6 is 23.2 Å². The fourth-order valence-corrected chi connectivity index (χ4v) is 3.31. The fourth-order valence-electron chi connectivity index (χ4n) is 2.91. The van der Waals surface area contributed by atoms with Gasteiger partial charge >= 0.3 is 0 Å². The maximum absolute atomic E-state index is 12.6. The predicted octanol–water partition coefficient (Wildman–Crippen LogP) is 5.86. The largest absolute Gasteiger partial charge is 0.479 e. The first-order valence-corrected chi connectivity index (χ1v) is 9.48. The van der Waals surface area contributed by atoms with Gasteiger partial charge in [0, 0.05) is 16.3 Å². The van der Waals surface area contributed by atoms with Crippen LogP contribution in [-0.2, 0) is 0 Å². The molecule has 5 nitrogen and oxygen atoms in total. The van der Waals surface area contributed by atoms with Gasteiger partial charge in [0.2, 0.25) is 0 Å². The van der Waals surface area contributed by atoms with E-state index in [0.717, 1.165) is 11.1 Å². The average Bonchev–Trinajstić information content (AvgIpc) is 2.73. The zero-order chi connectivity index (χ0) is 20.4. The molecule has 0 radical (unpaired) electrons. The van der Waals surface area contributed by atoms with Crippen molar-refractivity contribution in [2.45, 2.75) is 0 Å². The van der Waals surface area contributed by atoms with Crippen LogP contribution in [0.15, 0.2) is 66.7 Å². The molecule has 0 atom stereocenters. The Balaban J connectivity index is 1.55. The molecule has 3 aromatic carbocycles. The zero-order valence-electron chi connectivity index (χ0n) is 15.3. The Kier molecular flexibility index (Phi) is 5.34. The smallest absolute Gasteiger partial charge is 0.255 e. The van der Waals surface area contributed by atoms with Gasteiger partial charge in [0.05, 0.1) is 18.1 Å². The number of hydrogen-bond acceptors (Lipinski definition) is 4. The SMILES string of the molecule is COc1nc2cc(NC(=O)c3ccc(-c4cccc(Cl)c4)cc3)ccc2nc1Cl. The van der Waals surface area contributed by atoms with Crippen molar-refractivity contribution in [3.63, 3.8) is 0 Å². The Morgan fingerprint density at radius 2 is 1.69 bits per heavy atom. The molecule has 0 bridgehead atoms. The van der Waals surface area contributed by atoms with Crippen molar-refractivity contribution in [1.29, 1.82) is 0 Å². The maximum Gasteiger partial charge on any atom is 0.255 e. The summed E-state index contributed by atoms with van der Waals surface area (Å²) in [5, 5.41) is 3.73. The van der Waals surface area contributed by atoms with Gasteiger partial charge in [0.1, 0.15) is 0 Å². The lowest BCUT2D eigenvalue weighted by Crippen LogP contribution is -2.11. The van der Waals surface area contributed by atoms with Gasteiger partial charge in [0.25, 0.3) is 11.8 Å². The standard InChI is InChI=1S/C22H15Cl2N3O2/c1-29-22-20(24)26-18-10-9-17(12-19(18)27-22)25-21(28)14-7-5-13(6-8-14)15-3-2-4-16(23)11-15/h2-12H,1H3,(H,25,28). The quantitative estimate of drug-likeness (QED) is 0.446. The van der Waals surface area contributed by atoms with Gasteiger partial charge in [-0.1, -0.05) is 47.5 Å². The molecule has 0 unspecified atom stereocenters. The number of benzene rings is 3. The Bertz CT molecular complexity index is 1210. The number of carbonyl (C=O) groups is 1. The predicted molar refractivity (Wildman–Crippen MR) is 116 cm³/mol. The van der Waals surface area contributed by atoms with Crippen LogP contribution in [0.4, 0.5) is 5.69 Å². The Labute approximate surface area is 177 Å². The third kappa shape index (κ3) is 4.16. The van der Waals surface area contributed by atoms with E-state index < -0.39 is 0 Å². The molecule has 1 heterocycles. The molecule has 0 saturated carbocycles. The number of fused-ring (bicyclic) bond motifs is 1. The summed E-state index contributed by atoms with van der Waals surface area (Å²) in [5.74, 6) is 0.00938. The minimum atomic E-state index is -0.226. The van der Waals surface area contributed by atoms with Gasteiger partial charge in [-0.3, -0.25) is 4.79 Å². The van der Waals surface area contributed by atoms with Crippen molar-refractivity contribution in [2.24, 2.45) is 0 Å². The molecule has 0 saturated heterocycles. The van der Waals surface area contributed by atoms with Crippen LogP contribution in [0.1, 0.15) is 10.4 Å². The van der Waals surface area contributed by atoms with Gasteiger partial charge in [-0.15, -0.1) is 0 Å². The number of methoxy groups -OCH3 is 1. The number of halogens is 2. The van der Waals surface area contributed by atoms with Crippen LogP contribution in [0.3, 0.4) is 0 Å². The van der Waals surface area contributed by atoms with Crippen LogP contribution in [0.25, 0.3) is 22.2 Å². The minimum Gasteiger partial charge on any atom is -0.479 e. The molecule has 0 aliphatic carbocycles. The number of nitrogens with one attached hydrogen (secondary N) is 1. The molecule has 144 valence electrons. The summed E-state index contributed by atoms with van der Waals surface area (Å²) in [7, 11) is 1.47. The molecule has 4 aromatic rings. The molecule has 29 heavy (non-hydrogen) atoms. The van der Waals surface area contributed by atoms with Crippen LogP contribution < -0.4 is 10.1 Å². The van der Waals surface area contributed by atoms with E-state index in [1.807, 2.05) is 36.4 Å². The molecular formula is C22H15Cl2N3O2. The minimum absolute atomic E-state index is 0.191. The lowest BCUT2D eigenvalue weighted by Gasteiger charge is -2.08. The summed E-state index contributed by atoms with van der Waals surface area (Å²) in [6.45, 7) is 0. The van der Waals surface area contributed by atoms with Crippen LogP contribution in [0.5, 0.6) is 5.88 Å². The highest BCUT2D eigenvalue weighted by Crippen LogP contribution is 2.26. The first kappa shape index (κ1) is 19.2. The lowest BCUT2D eigenvalue weighted by atomic mass is 10.0. The van der Waals surface area contributed by atoms with Crippen LogP contribution in [0, 0.1) is 0 Å². The van der Waals surface area contributed by atoms with E-state index in [1.165, 1.54) is 7.11 Å². The molecule has 7 heteroatoms. The summed E-state index contributed by atoms with van der Waals surface area (Å²) >= 11 is 12.0. The van der Waals surface area contributed by atoms with Crippen molar-refractivity contribution in [3.8, 4) is 17.0 Å². The normalized spacial score (nSPS) is 10.7. The third-order valence-electron chi connectivity index (χ3n) is 4.35. The van der Waals surface area contributed by atoms with E-state index in [2.05, 4.69) is 15.3 Å². The number of amides is 1. The number of aromatic nitrogens is 2. The molecule has 0 spiro atoms. The van der Waals surface area contributed by atoms with E-state index in [-0.39, 0.29) is 16.9 Å². The summed E-state index contributed by atoms with van der Waals surface area (Å²) in [6, 6.07) is 20.1. The Morgan fingerprint density at radius 1 is 0.897 bits per heavy atom. The highest BCUT2D eigenvalue weighted by atomic mass is 35.5. The summed E-state index contributed by atoms with van der Waals surface area (Å²) in [4.78, 5) is 21.1. The maximum atomic E-state index is 12.6. The number of anilines is 1.